The molecule has 8 heteroatoms. The highest BCUT2D eigenvalue weighted by molar-refractivity contribution is 7.89. The van der Waals surface area contributed by atoms with Crippen molar-refractivity contribution in [3.63, 3.8) is 0 Å². The van der Waals surface area contributed by atoms with Crippen molar-refractivity contribution < 1.29 is 18.0 Å². The van der Waals surface area contributed by atoms with E-state index >= 15 is 0 Å². The van der Waals surface area contributed by atoms with Gasteiger partial charge in [-0.3, -0.25) is 9.59 Å². The summed E-state index contributed by atoms with van der Waals surface area (Å²) in [7, 11) is -3.61. The maximum atomic E-state index is 13.2. The lowest BCUT2D eigenvalue weighted by Crippen LogP contribution is -2.44. The van der Waals surface area contributed by atoms with Crippen LogP contribution in [0, 0.1) is 5.92 Å². The van der Waals surface area contributed by atoms with Gasteiger partial charge in [-0.1, -0.05) is 13.8 Å². The summed E-state index contributed by atoms with van der Waals surface area (Å²) in [6, 6.07) is 4.87. The van der Waals surface area contributed by atoms with Crippen LogP contribution in [0.15, 0.2) is 23.1 Å². The third-order valence-corrected chi connectivity index (χ3v) is 8.31. The van der Waals surface area contributed by atoms with E-state index < -0.39 is 15.4 Å². The summed E-state index contributed by atoms with van der Waals surface area (Å²) in [4.78, 5) is 27.1. The molecule has 3 rings (SSSR count). The number of nitrogens with one attached hydrogen (secondary N) is 1. The van der Waals surface area contributed by atoms with Gasteiger partial charge in [-0.2, -0.15) is 4.31 Å². The molecule has 166 valence electrons. The van der Waals surface area contributed by atoms with E-state index in [0.717, 1.165) is 19.3 Å². The standard InChI is InChI=1S/C22H33N3O4S/c1-6-16(3)23-20(26)14-25-19-8-7-17(13-18(19)22(4,5)21(25)27)30(28,29)24-11-9-15(2)10-12-24/h7-8,13,15-16H,6,9-12,14H2,1-5H3,(H,23,26)/t16-/m1/s1. The molecule has 2 heterocycles. The predicted molar refractivity (Wildman–Crippen MR) is 117 cm³/mol. The topological polar surface area (TPSA) is 86.8 Å². The Morgan fingerprint density at radius 2 is 1.90 bits per heavy atom. The molecule has 1 aromatic rings. The van der Waals surface area contributed by atoms with Crippen molar-refractivity contribution in [1.29, 1.82) is 0 Å². The van der Waals surface area contributed by atoms with Crippen LogP contribution in [0.2, 0.25) is 0 Å². The third-order valence-electron chi connectivity index (χ3n) is 6.41. The lowest BCUT2D eigenvalue weighted by molar-refractivity contribution is -0.125. The fraction of sp³-hybridized carbons (Fsp3) is 0.636. The number of sulfonamides is 1. The average Bonchev–Trinajstić information content (AvgIpc) is 2.88. The summed E-state index contributed by atoms with van der Waals surface area (Å²) in [5.74, 6) is 0.113. The van der Waals surface area contributed by atoms with E-state index in [9.17, 15) is 18.0 Å². The minimum Gasteiger partial charge on any atom is -0.352 e. The second kappa shape index (κ2) is 8.30. The normalized spacial score (nSPS) is 20.8. The number of hydrogen-bond donors (Lipinski definition) is 1. The quantitative estimate of drug-likeness (QED) is 0.744. The van der Waals surface area contributed by atoms with Gasteiger partial charge in [0.1, 0.15) is 6.54 Å². The van der Waals surface area contributed by atoms with Crippen molar-refractivity contribution in [2.45, 2.75) is 70.2 Å². The summed E-state index contributed by atoms with van der Waals surface area (Å²) >= 11 is 0. The molecule has 2 amide bonds. The van der Waals surface area contributed by atoms with E-state index in [1.165, 1.54) is 9.21 Å². The Balaban J connectivity index is 1.90. The number of rotatable bonds is 6. The van der Waals surface area contributed by atoms with Crippen LogP contribution < -0.4 is 10.2 Å². The van der Waals surface area contributed by atoms with Gasteiger partial charge in [-0.05, 0) is 69.7 Å². The lowest BCUT2D eigenvalue weighted by Gasteiger charge is -2.29. The van der Waals surface area contributed by atoms with Gasteiger partial charge >= 0.3 is 0 Å². The van der Waals surface area contributed by atoms with Crippen molar-refractivity contribution in [3.8, 4) is 0 Å². The largest absolute Gasteiger partial charge is 0.352 e. The van der Waals surface area contributed by atoms with E-state index in [1.807, 2.05) is 13.8 Å². The third kappa shape index (κ3) is 4.12. The molecule has 0 radical (unpaired) electrons. The first kappa shape index (κ1) is 22.7. The molecule has 1 N–H and O–H groups in total. The summed E-state index contributed by atoms with van der Waals surface area (Å²) in [6.07, 6.45) is 2.51. The Labute approximate surface area is 179 Å². The first-order valence-electron chi connectivity index (χ1n) is 10.7. The van der Waals surface area contributed by atoms with Crippen molar-refractivity contribution in [1.82, 2.24) is 9.62 Å². The number of amides is 2. The SMILES string of the molecule is CC[C@@H](C)NC(=O)CN1C(=O)C(C)(C)c2cc(S(=O)(=O)N3CCC(C)CC3)ccc21. The van der Waals surface area contributed by atoms with Crippen molar-refractivity contribution in [2.24, 2.45) is 5.92 Å². The van der Waals surface area contributed by atoms with Crippen LogP contribution in [-0.4, -0.2) is 50.2 Å². The molecule has 0 spiro atoms. The molecular formula is C22H33N3O4S. The Kier molecular flexibility index (Phi) is 6.30. The summed E-state index contributed by atoms with van der Waals surface area (Å²) < 4.78 is 27.9. The smallest absolute Gasteiger partial charge is 0.243 e. The van der Waals surface area contributed by atoms with Crippen LogP contribution in [0.3, 0.4) is 0 Å². The van der Waals surface area contributed by atoms with Gasteiger partial charge in [0.15, 0.2) is 0 Å². The van der Waals surface area contributed by atoms with E-state index in [1.54, 1.807) is 32.0 Å². The van der Waals surface area contributed by atoms with Crippen molar-refractivity contribution in [3.05, 3.63) is 23.8 Å². The molecule has 1 atom stereocenters. The molecule has 1 aromatic carbocycles. The zero-order valence-electron chi connectivity index (χ0n) is 18.6. The molecule has 0 aromatic heterocycles. The number of nitrogens with zero attached hydrogens (tertiary/aromatic N) is 2. The van der Waals surface area contributed by atoms with Crippen LogP contribution in [0.4, 0.5) is 5.69 Å². The van der Waals surface area contributed by atoms with E-state index in [4.69, 9.17) is 0 Å². The van der Waals surface area contributed by atoms with Gasteiger partial charge in [-0.15, -0.1) is 0 Å². The molecule has 0 unspecified atom stereocenters. The van der Waals surface area contributed by atoms with Gasteiger partial charge in [-0.25, -0.2) is 8.42 Å². The summed E-state index contributed by atoms with van der Waals surface area (Å²) in [5, 5.41) is 2.88. The van der Waals surface area contributed by atoms with Crippen LogP contribution in [0.1, 0.15) is 59.4 Å². The fourth-order valence-electron chi connectivity index (χ4n) is 4.07. The fourth-order valence-corrected chi connectivity index (χ4v) is 5.57. The predicted octanol–water partition coefficient (Wildman–Crippen LogP) is 2.65. The molecule has 0 aliphatic carbocycles. The molecule has 1 fully saturated rings. The highest BCUT2D eigenvalue weighted by Crippen LogP contribution is 2.42. The lowest BCUT2D eigenvalue weighted by atomic mass is 9.86. The number of carbonyl (C=O) groups excluding carboxylic acids is 2. The maximum Gasteiger partial charge on any atom is 0.243 e. The zero-order chi connectivity index (χ0) is 22.3. The second-order valence-corrected chi connectivity index (χ2v) is 11.1. The van der Waals surface area contributed by atoms with Gasteiger partial charge in [0.25, 0.3) is 0 Å². The van der Waals surface area contributed by atoms with Crippen molar-refractivity contribution in [2.75, 3.05) is 24.5 Å². The van der Waals surface area contributed by atoms with Crippen LogP contribution in [0.25, 0.3) is 0 Å². The van der Waals surface area contributed by atoms with Crippen LogP contribution in [0.5, 0.6) is 0 Å². The number of fused-ring (bicyclic) bond motifs is 1. The Morgan fingerprint density at radius 1 is 1.27 bits per heavy atom. The van der Waals surface area contributed by atoms with Gasteiger partial charge < -0.3 is 10.2 Å². The second-order valence-electron chi connectivity index (χ2n) is 9.16. The molecular weight excluding hydrogens is 402 g/mol. The van der Waals surface area contributed by atoms with Crippen LogP contribution >= 0.6 is 0 Å². The number of hydrogen-bond acceptors (Lipinski definition) is 4. The van der Waals surface area contributed by atoms with E-state index in [-0.39, 0.29) is 29.3 Å². The molecule has 0 saturated carbocycles. The molecule has 7 nitrogen and oxygen atoms in total. The number of carbonyl (C=O) groups is 2. The van der Waals surface area contributed by atoms with Crippen LogP contribution in [-0.2, 0) is 25.0 Å². The van der Waals surface area contributed by atoms with E-state index in [2.05, 4.69) is 12.2 Å². The molecule has 30 heavy (non-hydrogen) atoms. The Hall–Kier alpha value is -1.93. The number of piperidine rings is 1. The highest BCUT2D eigenvalue weighted by Gasteiger charge is 2.45. The molecule has 1 saturated heterocycles. The molecule has 0 bridgehead atoms. The minimum absolute atomic E-state index is 0.0301. The Bertz CT molecular complexity index is 934. The van der Waals surface area contributed by atoms with Gasteiger partial charge in [0, 0.05) is 24.8 Å². The summed E-state index contributed by atoms with van der Waals surface area (Å²) in [5.41, 5.74) is 0.360. The number of anilines is 1. The Morgan fingerprint density at radius 3 is 2.50 bits per heavy atom. The monoisotopic (exact) mass is 435 g/mol. The van der Waals surface area contributed by atoms with Crippen molar-refractivity contribution >= 4 is 27.5 Å². The highest BCUT2D eigenvalue weighted by atomic mass is 32.2. The zero-order valence-corrected chi connectivity index (χ0v) is 19.4. The first-order chi connectivity index (χ1) is 14.0. The van der Waals surface area contributed by atoms with E-state index in [0.29, 0.717) is 30.3 Å². The summed E-state index contributed by atoms with van der Waals surface area (Å²) in [6.45, 7) is 10.6. The van der Waals surface area contributed by atoms with Gasteiger partial charge in [0.2, 0.25) is 21.8 Å². The molecule has 2 aliphatic rings. The first-order valence-corrected chi connectivity index (χ1v) is 12.2. The average molecular weight is 436 g/mol. The molecule has 2 aliphatic heterocycles. The number of benzene rings is 1. The van der Waals surface area contributed by atoms with Gasteiger partial charge in [0.05, 0.1) is 10.3 Å². The maximum absolute atomic E-state index is 13.2. The minimum atomic E-state index is -3.61.